The lowest BCUT2D eigenvalue weighted by Crippen LogP contribution is -2.22. The highest BCUT2D eigenvalue weighted by atomic mass is 19.1. The van der Waals surface area contributed by atoms with Gasteiger partial charge in [-0.3, -0.25) is 9.48 Å². The van der Waals surface area contributed by atoms with Gasteiger partial charge in [0.15, 0.2) is 17.3 Å². The molecule has 0 aliphatic carbocycles. The Bertz CT molecular complexity index is 336. The number of carbonyl (C=O) groups excluding carboxylic acids is 1. The lowest BCUT2D eigenvalue weighted by atomic mass is 10.1. The van der Waals surface area contributed by atoms with Crippen LogP contribution in [0, 0.1) is 5.82 Å². The van der Waals surface area contributed by atoms with Crippen LogP contribution in [0.4, 0.5) is 4.39 Å². The molecule has 0 bridgehead atoms. The Hall–Kier alpha value is -1.19. The molecule has 0 atom stereocenters. The first-order chi connectivity index (χ1) is 5.82. The average molecular weight is 184 g/mol. The van der Waals surface area contributed by atoms with Crippen molar-refractivity contribution in [1.29, 1.82) is 0 Å². The summed E-state index contributed by atoms with van der Waals surface area (Å²) < 4.78 is 14.5. The highest BCUT2D eigenvalue weighted by Crippen LogP contribution is 2.15. The first-order valence-corrected chi connectivity index (χ1v) is 4.09. The van der Waals surface area contributed by atoms with Crippen molar-refractivity contribution in [2.45, 2.75) is 33.2 Å². The first-order valence-electron chi connectivity index (χ1n) is 4.09. The molecular formula is C9H13FN2O. The molecule has 0 unspecified atom stereocenters. The molecule has 0 aliphatic rings. The summed E-state index contributed by atoms with van der Waals surface area (Å²) in [4.78, 5) is 10.9. The van der Waals surface area contributed by atoms with Crippen molar-refractivity contribution in [3.8, 4) is 0 Å². The molecule has 1 rings (SSSR count). The van der Waals surface area contributed by atoms with Gasteiger partial charge < -0.3 is 0 Å². The minimum Gasteiger partial charge on any atom is -0.293 e. The third kappa shape index (κ3) is 1.94. The molecule has 0 radical (unpaired) electrons. The van der Waals surface area contributed by atoms with Gasteiger partial charge in [-0.05, 0) is 20.8 Å². The second-order valence-corrected chi connectivity index (χ2v) is 4.00. The van der Waals surface area contributed by atoms with Crippen molar-refractivity contribution in [3.05, 3.63) is 17.7 Å². The third-order valence-electron chi connectivity index (χ3n) is 1.69. The largest absolute Gasteiger partial charge is 0.293 e. The van der Waals surface area contributed by atoms with Gasteiger partial charge in [0.05, 0.1) is 11.7 Å². The summed E-state index contributed by atoms with van der Waals surface area (Å²) in [6.45, 7) is 6.98. The van der Waals surface area contributed by atoms with E-state index in [9.17, 15) is 9.18 Å². The molecule has 0 saturated heterocycles. The van der Waals surface area contributed by atoms with Gasteiger partial charge in [0, 0.05) is 6.92 Å². The van der Waals surface area contributed by atoms with Crippen molar-refractivity contribution >= 4 is 5.78 Å². The van der Waals surface area contributed by atoms with Crippen LogP contribution in [0.5, 0.6) is 0 Å². The Balaban J connectivity index is 3.17. The van der Waals surface area contributed by atoms with E-state index in [0.29, 0.717) is 0 Å². The monoisotopic (exact) mass is 184 g/mol. The van der Waals surface area contributed by atoms with Crippen molar-refractivity contribution in [2.24, 2.45) is 0 Å². The van der Waals surface area contributed by atoms with E-state index in [1.54, 1.807) is 0 Å². The number of hydrogen-bond donors (Lipinski definition) is 0. The van der Waals surface area contributed by atoms with Gasteiger partial charge in [-0.1, -0.05) is 0 Å². The maximum atomic E-state index is 13.1. The quantitative estimate of drug-likeness (QED) is 0.625. The van der Waals surface area contributed by atoms with Gasteiger partial charge in [0.1, 0.15) is 0 Å². The minimum absolute atomic E-state index is 0.0880. The molecule has 13 heavy (non-hydrogen) atoms. The number of hydrogen-bond acceptors (Lipinski definition) is 2. The summed E-state index contributed by atoms with van der Waals surface area (Å²) >= 11 is 0. The molecule has 72 valence electrons. The predicted octanol–water partition coefficient (Wildman–Crippen LogP) is 1.98. The molecule has 0 aromatic carbocycles. The van der Waals surface area contributed by atoms with E-state index in [1.807, 2.05) is 20.8 Å². The predicted molar refractivity (Wildman–Crippen MR) is 47.2 cm³/mol. The van der Waals surface area contributed by atoms with Gasteiger partial charge >= 0.3 is 0 Å². The number of carbonyl (C=O) groups is 1. The Morgan fingerprint density at radius 2 is 2.08 bits per heavy atom. The molecule has 0 N–H and O–H groups in total. The molecule has 1 aromatic rings. The number of aromatic nitrogens is 2. The fraction of sp³-hybridized carbons (Fsp3) is 0.556. The fourth-order valence-corrected chi connectivity index (χ4v) is 0.935. The maximum Gasteiger partial charge on any atom is 0.183 e. The Morgan fingerprint density at radius 1 is 1.54 bits per heavy atom. The number of halogens is 1. The smallest absolute Gasteiger partial charge is 0.183 e. The summed E-state index contributed by atoms with van der Waals surface area (Å²) in [5.41, 5.74) is -0.385. The summed E-state index contributed by atoms with van der Waals surface area (Å²) in [7, 11) is 0. The van der Waals surface area contributed by atoms with E-state index in [1.165, 1.54) is 17.8 Å². The zero-order valence-corrected chi connectivity index (χ0v) is 8.26. The molecule has 1 aromatic heterocycles. The van der Waals surface area contributed by atoms with E-state index >= 15 is 0 Å². The molecule has 0 saturated carbocycles. The van der Waals surface area contributed by atoms with Gasteiger partial charge in [-0.25, -0.2) is 4.39 Å². The zero-order valence-electron chi connectivity index (χ0n) is 8.26. The van der Waals surface area contributed by atoms with E-state index in [4.69, 9.17) is 0 Å². The summed E-state index contributed by atoms with van der Waals surface area (Å²) in [6, 6.07) is 0. The molecule has 0 fully saturated rings. The number of Topliss-reactive ketones (excluding diaryl/α,β-unsaturated/α-hetero) is 1. The molecule has 0 aliphatic heterocycles. The molecule has 4 heteroatoms. The first kappa shape index (κ1) is 9.89. The van der Waals surface area contributed by atoms with Crippen LogP contribution in [0.25, 0.3) is 0 Å². The van der Waals surface area contributed by atoms with Crippen LogP contribution in [0.15, 0.2) is 6.20 Å². The van der Waals surface area contributed by atoms with Crippen LogP contribution in [0.1, 0.15) is 38.2 Å². The standard InChI is InChI=1S/C9H13FN2O/c1-6(13)8-7(10)5-12(11-8)9(2,3)4/h5H,1-4H3. The lowest BCUT2D eigenvalue weighted by Gasteiger charge is -2.18. The minimum atomic E-state index is -0.553. The molecule has 1 heterocycles. The highest BCUT2D eigenvalue weighted by molar-refractivity contribution is 5.92. The third-order valence-corrected chi connectivity index (χ3v) is 1.69. The van der Waals surface area contributed by atoms with Gasteiger partial charge in [0.25, 0.3) is 0 Å². The summed E-state index contributed by atoms with van der Waals surface area (Å²) in [5.74, 6) is -0.900. The van der Waals surface area contributed by atoms with Crippen molar-refractivity contribution in [1.82, 2.24) is 9.78 Å². The number of nitrogens with zero attached hydrogens (tertiary/aromatic N) is 2. The van der Waals surface area contributed by atoms with Crippen LogP contribution in [0.3, 0.4) is 0 Å². The summed E-state index contributed by atoms with van der Waals surface area (Å²) in [6.07, 6.45) is 1.25. The van der Waals surface area contributed by atoms with Crippen LogP contribution in [-0.4, -0.2) is 15.6 Å². The highest BCUT2D eigenvalue weighted by Gasteiger charge is 2.19. The second kappa shape index (κ2) is 2.94. The van der Waals surface area contributed by atoms with Crippen molar-refractivity contribution in [2.75, 3.05) is 0 Å². The maximum absolute atomic E-state index is 13.1. The fourth-order valence-electron chi connectivity index (χ4n) is 0.935. The number of ketones is 1. The lowest BCUT2D eigenvalue weighted by molar-refractivity contribution is 0.100. The van der Waals surface area contributed by atoms with E-state index in [2.05, 4.69) is 5.10 Å². The van der Waals surface area contributed by atoms with E-state index in [0.717, 1.165) is 0 Å². The van der Waals surface area contributed by atoms with Crippen LogP contribution < -0.4 is 0 Å². The van der Waals surface area contributed by atoms with Crippen LogP contribution in [0.2, 0.25) is 0 Å². The van der Waals surface area contributed by atoms with Gasteiger partial charge in [0.2, 0.25) is 0 Å². The van der Waals surface area contributed by atoms with Gasteiger partial charge in [-0.2, -0.15) is 5.10 Å². The second-order valence-electron chi connectivity index (χ2n) is 4.00. The summed E-state index contributed by atoms with van der Waals surface area (Å²) in [5, 5.41) is 3.87. The Labute approximate surface area is 76.6 Å². The number of rotatable bonds is 1. The Morgan fingerprint density at radius 3 is 2.31 bits per heavy atom. The van der Waals surface area contributed by atoms with Crippen LogP contribution >= 0.6 is 0 Å². The molecule has 0 spiro atoms. The van der Waals surface area contributed by atoms with E-state index in [-0.39, 0.29) is 17.0 Å². The van der Waals surface area contributed by atoms with Gasteiger partial charge in [-0.15, -0.1) is 0 Å². The topological polar surface area (TPSA) is 34.9 Å². The van der Waals surface area contributed by atoms with Crippen molar-refractivity contribution in [3.63, 3.8) is 0 Å². The molecule has 3 nitrogen and oxygen atoms in total. The van der Waals surface area contributed by atoms with Crippen molar-refractivity contribution < 1.29 is 9.18 Å². The van der Waals surface area contributed by atoms with Crippen LogP contribution in [-0.2, 0) is 5.54 Å². The van der Waals surface area contributed by atoms with E-state index < -0.39 is 5.82 Å². The zero-order chi connectivity index (χ0) is 10.2. The normalized spacial score (nSPS) is 11.8. The average Bonchev–Trinajstić information content (AvgIpc) is 2.29. The SMILES string of the molecule is CC(=O)c1nn(C(C)(C)C)cc1F. The Kier molecular flexibility index (Phi) is 2.24. The molecule has 0 amide bonds. The molecular weight excluding hydrogens is 171 g/mol.